The van der Waals surface area contributed by atoms with Gasteiger partial charge in [-0.25, -0.2) is 4.98 Å². The van der Waals surface area contributed by atoms with Gasteiger partial charge in [-0.2, -0.15) is 5.26 Å². The molecule has 2 aromatic carbocycles. The van der Waals surface area contributed by atoms with E-state index < -0.39 is 0 Å². The van der Waals surface area contributed by atoms with E-state index in [2.05, 4.69) is 16.0 Å². The van der Waals surface area contributed by atoms with Crippen LogP contribution >= 0.6 is 11.6 Å². The molecule has 132 valence electrons. The molecule has 0 aliphatic heterocycles. The van der Waals surface area contributed by atoms with Crippen molar-refractivity contribution in [2.75, 3.05) is 0 Å². The van der Waals surface area contributed by atoms with Gasteiger partial charge in [0.25, 0.3) is 0 Å². The number of nitrogens with zero attached hydrogens (tertiary/aromatic N) is 2. The van der Waals surface area contributed by atoms with Crippen LogP contribution in [0.2, 0.25) is 5.02 Å². The zero-order valence-corrected chi connectivity index (χ0v) is 15.6. The summed E-state index contributed by atoms with van der Waals surface area (Å²) in [6.07, 6.45) is 1.68. The maximum atomic E-state index is 9.57. The maximum Gasteiger partial charge on any atom is 0.149 e. The lowest BCUT2D eigenvalue weighted by Gasteiger charge is -2.00. The Hall–Kier alpha value is -3.29. The molecule has 0 atom stereocenters. The molecule has 0 spiro atoms. The molecule has 0 aliphatic rings. The summed E-state index contributed by atoms with van der Waals surface area (Å²) in [5, 5.41) is 10.3. The lowest BCUT2D eigenvalue weighted by Crippen LogP contribution is -1.84. The molecule has 0 unspecified atom stereocenters. The number of nitrogens with one attached hydrogen (secondary N) is 1. The van der Waals surface area contributed by atoms with Gasteiger partial charge in [-0.1, -0.05) is 29.8 Å². The fourth-order valence-corrected chi connectivity index (χ4v) is 3.06. The lowest BCUT2D eigenvalue weighted by molar-refractivity contribution is 0.572. The second-order valence-electron chi connectivity index (χ2n) is 6.44. The van der Waals surface area contributed by atoms with Crippen LogP contribution in [-0.4, -0.2) is 9.97 Å². The monoisotopic (exact) mass is 373 g/mol. The number of allylic oxidation sites excluding steroid dienone is 1. The highest BCUT2D eigenvalue weighted by molar-refractivity contribution is 6.31. The molecule has 0 aliphatic carbocycles. The summed E-state index contributed by atoms with van der Waals surface area (Å²) in [5.41, 5.74) is 5.17. The van der Waals surface area contributed by atoms with Crippen LogP contribution in [0.3, 0.4) is 0 Å². The van der Waals surface area contributed by atoms with Gasteiger partial charge in [-0.05, 0) is 55.3 Å². The molecule has 27 heavy (non-hydrogen) atoms. The van der Waals surface area contributed by atoms with Gasteiger partial charge in [0.1, 0.15) is 23.4 Å². The Morgan fingerprint density at radius 1 is 1.15 bits per heavy atom. The van der Waals surface area contributed by atoms with E-state index >= 15 is 0 Å². The van der Waals surface area contributed by atoms with E-state index in [0.717, 1.165) is 27.7 Å². The van der Waals surface area contributed by atoms with Crippen LogP contribution < -0.4 is 0 Å². The van der Waals surface area contributed by atoms with Crippen molar-refractivity contribution in [2.45, 2.75) is 13.8 Å². The summed E-state index contributed by atoms with van der Waals surface area (Å²) >= 11 is 6.20. The third kappa shape index (κ3) is 3.38. The molecule has 0 amide bonds. The molecule has 4 nitrogen and oxygen atoms in total. The van der Waals surface area contributed by atoms with Gasteiger partial charge in [0, 0.05) is 16.7 Å². The van der Waals surface area contributed by atoms with Crippen LogP contribution in [-0.2, 0) is 0 Å². The lowest BCUT2D eigenvalue weighted by atomic mass is 10.1. The maximum absolute atomic E-state index is 9.57. The number of hydrogen-bond acceptors (Lipinski definition) is 3. The first-order chi connectivity index (χ1) is 13.0. The van der Waals surface area contributed by atoms with E-state index in [0.29, 0.717) is 27.9 Å². The Morgan fingerprint density at radius 2 is 2.00 bits per heavy atom. The highest BCUT2D eigenvalue weighted by atomic mass is 35.5. The van der Waals surface area contributed by atoms with Gasteiger partial charge < -0.3 is 9.40 Å². The molecular formula is C22H16ClN3O. The number of rotatable bonds is 3. The highest BCUT2D eigenvalue weighted by Gasteiger charge is 2.11. The number of imidazole rings is 1. The number of aromatic amines is 1. The molecule has 0 radical (unpaired) electrons. The number of aryl methyl sites for hydroxylation is 2. The van der Waals surface area contributed by atoms with Gasteiger partial charge in [-0.3, -0.25) is 0 Å². The minimum absolute atomic E-state index is 0.409. The molecule has 5 heteroatoms. The van der Waals surface area contributed by atoms with Crippen molar-refractivity contribution < 1.29 is 4.42 Å². The molecule has 2 heterocycles. The first-order valence-electron chi connectivity index (χ1n) is 8.48. The largest absolute Gasteiger partial charge is 0.457 e. The van der Waals surface area contributed by atoms with Crippen molar-refractivity contribution in [1.29, 1.82) is 5.26 Å². The Morgan fingerprint density at radius 3 is 2.78 bits per heavy atom. The predicted molar refractivity (Wildman–Crippen MR) is 108 cm³/mol. The number of fused-ring (bicyclic) bond motifs is 1. The van der Waals surface area contributed by atoms with Gasteiger partial charge in [0.15, 0.2) is 0 Å². The molecule has 4 rings (SSSR count). The van der Waals surface area contributed by atoms with Gasteiger partial charge in [-0.15, -0.1) is 0 Å². The number of halogens is 1. The summed E-state index contributed by atoms with van der Waals surface area (Å²) < 4.78 is 5.88. The fourth-order valence-electron chi connectivity index (χ4n) is 2.88. The molecule has 1 N–H and O–H groups in total. The number of H-pyrrole nitrogens is 1. The summed E-state index contributed by atoms with van der Waals surface area (Å²) in [6, 6.07) is 17.6. The molecule has 0 bridgehead atoms. The second-order valence-corrected chi connectivity index (χ2v) is 6.85. The molecule has 4 aromatic rings. The number of benzene rings is 2. The third-order valence-electron chi connectivity index (χ3n) is 4.38. The topological polar surface area (TPSA) is 65.6 Å². The Labute approximate surface area is 161 Å². The van der Waals surface area contributed by atoms with E-state index in [1.54, 1.807) is 6.08 Å². The second kappa shape index (κ2) is 6.79. The van der Waals surface area contributed by atoms with Crippen molar-refractivity contribution in [3.63, 3.8) is 0 Å². The van der Waals surface area contributed by atoms with E-state index in [-0.39, 0.29) is 0 Å². The summed E-state index contributed by atoms with van der Waals surface area (Å²) in [5.74, 6) is 1.80. The minimum Gasteiger partial charge on any atom is -0.457 e. The van der Waals surface area contributed by atoms with Crippen LogP contribution in [0.5, 0.6) is 0 Å². The third-order valence-corrected chi connectivity index (χ3v) is 4.79. The summed E-state index contributed by atoms with van der Waals surface area (Å²) in [7, 11) is 0. The molecule has 2 aromatic heterocycles. The standard InChI is InChI=1S/C22H16ClN3O/c1-13-3-7-19-20(9-13)26-22(25-19)16(12-24)10-17-6-8-21(27-17)15-5-4-14(2)18(23)11-15/h3-11H,1-2H3,(H,25,26)/b16-10-. The highest BCUT2D eigenvalue weighted by Crippen LogP contribution is 2.28. The average molecular weight is 374 g/mol. The van der Waals surface area contributed by atoms with E-state index in [4.69, 9.17) is 16.0 Å². The van der Waals surface area contributed by atoms with Crippen LogP contribution in [0.4, 0.5) is 0 Å². The Balaban J connectivity index is 1.69. The van der Waals surface area contributed by atoms with Crippen molar-refractivity contribution >= 4 is 34.3 Å². The quantitative estimate of drug-likeness (QED) is 0.437. The Kier molecular flexibility index (Phi) is 4.31. The fraction of sp³-hybridized carbons (Fsp3) is 0.0909. The van der Waals surface area contributed by atoms with Crippen LogP contribution in [0.15, 0.2) is 52.9 Å². The average Bonchev–Trinajstić information content (AvgIpc) is 3.28. The first kappa shape index (κ1) is 17.1. The van der Waals surface area contributed by atoms with Crippen LogP contribution in [0.25, 0.3) is 34.0 Å². The molecular weight excluding hydrogens is 358 g/mol. The van der Waals surface area contributed by atoms with E-state index in [9.17, 15) is 5.26 Å². The van der Waals surface area contributed by atoms with Gasteiger partial charge in [0.05, 0.1) is 16.6 Å². The smallest absolute Gasteiger partial charge is 0.149 e. The molecule has 0 fully saturated rings. The number of aromatic nitrogens is 2. The van der Waals surface area contributed by atoms with Crippen molar-refractivity contribution in [3.05, 3.63) is 76.3 Å². The van der Waals surface area contributed by atoms with Crippen LogP contribution in [0.1, 0.15) is 22.7 Å². The first-order valence-corrected chi connectivity index (χ1v) is 8.86. The van der Waals surface area contributed by atoms with Gasteiger partial charge in [0.2, 0.25) is 0 Å². The summed E-state index contributed by atoms with van der Waals surface area (Å²) in [4.78, 5) is 7.70. The SMILES string of the molecule is Cc1ccc2nc(/C(C#N)=C\c3ccc(-c4ccc(C)c(Cl)c4)o3)[nH]c2c1. The molecule has 0 saturated heterocycles. The van der Waals surface area contributed by atoms with E-state index in [1.807, 2.05) is 62.4 Å². The number of nitriles is 1. The van der Waals surface area contributed by atoms with Gasteiger partial charge >= 0.3 is 0 Å². The molecule has 0 saturated carbocycles. The Bertz CT molecular complexity index is 1220. The predicted octanol–water partition coefficient (Wildman–Crippen LogP) is 6.16. The van der Waals surface area contributed by atoms with Crippen LogP contribution in [0, 0.1) is 25.2 Å². The zero-order chi connectivity index (χ0) is 19.0. The van der Waals surface area contributed by atoms with Crippen molar-refractivity contribution in [2.24, 2.45) is 0 Å². The summed E-state index contributed by atoms with van der Waals surface area (Å²) in [6.45, 7) is 3.97. The zero-order valence-electron chi connectivity index (χ0n) is 14.9. The minimum atomic E-state index is 0.409. The number of furan rings is 1. The normalized spacial score (nSPS) is 11.7. The van der Waals surface area contributed by atoms with Crippen molar-refractivity contribution in [1.82, 2.24) is 9.97 Å². The van der Waals surface area contributed by atoms with E-state index in [1.165, 1.54) is 0 Å². The van der Waals surface area contributed by atoms with Crippen molar-refractivity contribution in [3.8, 4) is 17.4 Å². The number of hydrogen-bond donors (Lipinski definition) is 1.